The molecular formula is C16H22O3. The van der Waals surface area contributed by atoms with Crippen LogP contribution in [0.4, 0.5) is 0 Å². The SMILES string of the molecule is CCCOC(=O)/C=C/c1ccccc1OC(C)CC. The van der Waals surface area contributed by atoms with Gasteiger partial charge in [0.2, 0.25) is 0 Å². The Labute approximate surface area is 115 Å². The summed E-state index contributed by atoms with van der Waals surface area (Å²) < 4.78 is 10.8. The van der Waals surface area contributed by atoms with E-state index in [1.807, 2.05) is 38.1 Å². The highest BCUT2D eigenvalue weighted by atomic mass is 16.5. The largest absolute Gasteiger partial charge is 0.490 e. The molecule has 0 radical (unpaired) electrons. The van der Waals surface area contributed by atoms with Crippen LogP contribution in [-0.4, -0.2) is 18.7 Å². The molecule has 104 valence electrons. The van der Waals surface area contributed by atoms with Gasteiger partial charge in [-0.2, -0.15) is 0 Å². The van der Waals surface area contributed by atoms with Gasteiger partial charge in [-0.15, -0.1) is 0 Å². The van der Waals surface area contributed by atoms with E-state index in [2.05, 4.69) is 6.92 Å². The van der Waals surface area contributed by atoms with Crippen molar-refractivity contribution in [2.45, 2.75) is 39.7 Å². The van der Waals surface area contributed by atoms with Crippen LogP contribution < -0.4 is 4.74 Å². The maximum atomic E-state index is 11.4. The number of ether oxygens (including phenoxy) is 2. The molecule has 1 aromatic carbocycles. The van der Waals surface area contributed by atoms with E-state index in [1.54, 1.807) is 6.08 Å². The molecular weight excluding hydrogens is 240 g/mol. The van der Waals surface area contributed by atoms with E-state index in [4.69, 9.17) is 9.47 Å². The van der Waals surface area contributed by atoms with Crippen molar-refractivity contribution in [1.82, 2.24) is 0 Å². The second-order valence-corrected chi connectivity index (χ2v) is 4.38. The highest BCUT2D eigenvalue weighted by molar-refractivity contribution is 5.87. The van der Waals surface area contributed by atoms with Crippen LogP contribution >= 0.6 is 0 Å². The van der Waals surface area contributed by atoms with Crippen LogP contribution in [0.5, 0.6) is 5.75 Å². The summed E-state index contributed by atoms with van der Waals surface area (Å²) in [4.78, 5) is 11.4. The summed E-state index contributed by atoms with van der Waals surface area (Å²) in [7, 11) is 0. The van der Waals surface area contributed by atoms with Crippen molar-refractivity contribution in [2.24, 2.45) is 0 Å². The molecule has 3 heteroatoms. The molecule has 0 heterocycles. The summed E-state index contributed by atoms with van der Waals surface area (Å²) in [6.45, 7) is 6.52. The highest BCUT2D eigenvalue weighted by Crippen LogP contribution is 2.21. The van der Waals surface area contributed by atoms with E-state index < -0.39 is 0 Å². The molecule has 0 fully saturated rings. The molecule has 0 amide bonds. The van der Waals surface area contributed by atoms with Crippen molar-refractivity contribution in [3.63, 3.8) is 0 Å². The van der Waals surface area contributed by atoms with Gasteiger partial charge in [0, 0.05) is 11.6 Å². The van der Waals surface area contributed by atoms with Gasteiger partial charge in [0.1, 0.15) is 5.75 Å². The van der Waals surface area contributed by atoms with E-state index in [0.29, 0.717) is 6.61 Å². The minimum atomic E-state index is -0.319. The topological polar surface area (TPSA) is 35.5 Å². The summed E-state index contributed by atoms with van der Waals surface area (Å²) in [5.41, 5.74) is 0.885. The average Bonchev–Trinajstić information content (AvgIpc) is 2.44. The molecule has 0 aliphatic heterocycles. The van der Waals surface area contributed by atoms with Gasteiger partial charge < -0.3 is 9.47 Å². The Kier molecular flexibility index (Phi) is 6.72. The number of esters is 1. The smallest absolute Gasteiger partial charge is 0.330 e. The van der Waals surface area contributed by atoms with E-state index in [9.17, 15) is 4.79 Å². The zero-order valence-electron chi connectivity index (χ0n) is 11.9. The van der Waals surface area contributed by atoms with Crippen LogP contribution in [0.1, 0.15) is 39.2 Å². The lowest BCUT2D eigenvalue weighted by molar-refractivity contribution is -0.137. The van der Waals surface area contributed by atoms with Crippen LogP contribution in [0.3, 0.4) is 0 Å². The van der Waals surface area contributed by atoms with Crippen molar-refractivity contribution >= 4 is 12.0 Å². The van der Waals surface area contributed by atoms with Crippen LogP contribution in [0, 0.1) is 0 Å². The van der Waals surface area contributed by atoms with Gasteiger partial charge in [-0.3, -0.25) is 0 Å². The first-order valence-electron chi connectivity index (χ1n) is 6.77. The second kappa shape index (κ2) is 8.35. The van der Waals surface area contributed by atoms with Gasteiger partial charge in [0.15, 0.2) is 0 Å². The van der Waals surface area contributed by atoms with E-state index in [0.717, 1.165) is 24.2 Å². The van der Waals surface area contributed by atoms with Crippen LogP contribution in [0.2, 0.25) is 0 Å². The zero-order valence-corrected chi connectivity index (χ0v) is 11.9. The van der Waals surface area contributed by atoms with Crippen molar-refractivity contribution in [3.05, 3.63) is 35.9 Å². The number of carbonyl (C=O) groups excluding carboxylic acids is 1. The minimum Gasteiger partial charge on any atom is -0.490 e. The zero-order chi connectivity index (χ0) is 14.1. The lowest BCUT2D eigenvalue weighted by Crippen LogP contribution is -2.10. The molecule has 1 rings (SSSR count). The molecule has 1 atom stereocenters. The maximum absolute atomic E-state index is 11.4. The summed E-state index contributed by atoms with van der Waals surface area (Å²) >= 11 is 0. The molecule has 0 spiro atoms. The lowest BCUT2D eigenvalue weighted by atomic mass is 10.2. The van der Waals surface area contributed by atoms with Crippen molar-refractivity contribution in [2.75, 3.05) is 6.61 Å². The van der Waals surface area contributed by atoms with Gasteiger partial charge in [0.05, 0.1) is 12.7 Å². The summed E-state index contributed by atoms with van der Waals surface area (Å²) in [5, 5.41) is 0. The Morgan fingerprint density at radius 2 is 2.05 bits per heavy atom. The van der Waals surface area contributed by atoms with Gasteiger partial charge in [-0.1, -0.05) is 32.0 Å². The van der Waals surface area contributed by atoms with Crippen molar-refractivity contribution in [1.29, 1.82) is 0 Å². The number of rotatable bonds is 7. The molecule has 1 aromatic rings. The third-order valence-electron chi connectivity index (χ3n) is 2.67. The van der Waals surface area contributed by atoms with E-state index >= 15 is 0 Å². The predicted octanol–water partition coefficient (Wildman–Crippen LogP) is 3.83. The Morgan fingerprint density at radius 1 is 1.32 bits per heavy atom. The molecule has 0 saturated carbocycles. The Hall–Kier alpha value is -1.77. The number of hydrogen-bond donors (Lipinski definition) is 0. The summed E-state index contributed by atoms with van der Waals surface area (Å²) in [6.07, 6.45) is 5.09. The van der Waals surface area contributed by atoms with E-state index in [1.165, 1.54) is 6.08 Å². The fraction of sp³-hybridized carbons (Fsp3) is 0.438. The van der Waals surface area contributed by atoms with Crippen LogP contribution in [-0.2, 0) is 9.53 Å². The molecule has 0 saturated heterocycles. The van der Waals surface area contributed by atoms with Crippen molar-refractivity contribution < 1.29 is 14.3 Å². The molecule has 0 bridgehead atoms. The quantitative estimate of drug-likeness (QED) is 0.553. The van der Waals surface area contributed by atoms with Gasteiger partial charge in [0.25, 0.3) is 0 Å². The molecule has 3 nitrogen and oxygen atoms in total. The fourth-order valence-electron chi connectivity index (χ4n) is 1.43. The molecule has 0 aliphatic rings. The van der Waals surface area contributed by atoms with E-state index in [-0.39, 0.29) is 12.1 Å². The predicted molar refractivity (Wildman–Crippen MR) is 77.1 cm³/mol. The normalized spacial score (nSPS) is 12.4. The maximum Gasteiger partial charge on any atom is 0.330 e. The molecule has 19 heavy (non-hydrogen) atoms. The number of benzene rings is 1. The monoisotopic (exact) mass is 262 g/mol. The fourth-order valence-corrected chi connectivity index (χ4v) is 1.43. The number of hydrogen-bond acceptors (Lipinski definition) is 3. The highest BCUT2D eigenvalue weighted by Gasteiger charge is 2.05. The second-order valence-electron chi connectivity index (χ2n) is 4.38. The summed E-state index contributed by atoms with van der Waals surface area (Å²) in [5.74, 6) is 0.469. The van der Waals surface area contributed by atoms with Crippen LogP contribution in [0.25, 0.3) is 6.08 Å². The molecule has 0 N–H and O–H groups in total. The number of carbonyl (C=O) groups is 1. The first-order valence-corrected chi connectivity index (χ1v) is 6.77. The average molecular weight is 262 g/mol. The Morgan fingerprint density at radius 3 is 2.74 bits per heavy atom. The van der Waals surface area contributed by atoms with Crippen molar-refractivity contribution in [3.8, 4) is 5.75 Å². The van der Waals surface area contributed by atoms with Crippen LogP contribution in [0.15, 0.2) is 30.3 Å². The molecule has 1 unspecified atom stereocenters. The number of para-hydroxylation sites is 1. The third kappa shape index (κ3) is 5.60. The lowest BCUT2D eigenvalue weighted by Gasteiger charge is -2.14. The van der Waals surface area contributed by atoms with Gasteiger partial charge in [-0.25, -0.2) is 4.79 Å². The molecule has 0 aliphatic carbocycles. The Bertz CT molecular complexity index is 424. The standard InChI is InChI=1S/C16H22O3/c1-4-12-18-16(17)11-10-14-8-6-7-9-15(14)19-13(3)5-2/h6-11,13H,4-5,12H2,1-3H3/b11-10+. The summed E-state index contributed by atoms with van der Waals surface area (Å²) in [6, 6.07) is 7.66. The van der Waals surface area contributed by atoms with Gasteiger partial charge >= 0.3 is 5.97 Å². The Balaban J connectivity index is 2.71. The minimum absolute atomic E-state index is 0.154. The first kappa shape index (κ1) is 15.3. The third-order valence-corrected chi connectivity index (χ3v) is 2.67. The molecule has 0 aromatic heterocycles. The first-order chi connectivity index (χ1) is 9.17. The van der Waals surface area contributed by atoms with Gasteiger partial charge in [-0.05, 0) is 31.9 Å².